The van der Waals surface area contributed by atoms with Crippen LogP contribution in [0.4, 0.5) is 0 Å². The molecule has 0 atom stereocenters. The molecule has 2 aromatic rings. The molecule has 2 rings (SSSR count). The van der Waals surface area contributed by atoms with E-state index in [-0.39, 0.29) is 37.2 Å². The monoisotopic (exact) mass is 520 g/mol. The molecule has 1 aromatic heterocycles. The minimum Gasteiger partial charge on any atom is -0.493 e. The van der Waals surface area contributed by atoms with Gasteiger partial charge in [0.1, 0.15) is 6.61 Å². The molecule has 0 radical (unpaired) electrons. The van der Waals surface area contributed by atoms with E-state index in [4.69, 9.17) is 14.6 Å². The van der Waals surface area contributed by atoms with E-state index in [0.717, 1.165) is 28.8 Å². The summed E-state index contributed by atoms with van der Waals surface area (Å²) < 4.78 is 10.8. The third-order valence-corrected chi connectivity index (χ3v) is 4.83. The van der Waals surface area contributed by atoms with E-state index in [1.54, 1.807) is 18.4 Å². The van der Waals surface area contributed by atoms with Gasteiger partial charge >= 0.3 is 0 Å². The third kappa shape index (κ3) is 7.44. The number of hydrogen-bond donors (Lipinski definition) is 3. The summed E-state index contributed by atoms with van der Waals surface area (Å²) in [5, 5.41) is 16.6. The lowest BCUT2D eigenvalue weighted by Crippen LogP contribution is -2.36. The van der Waals surface area contributed by atoms with Crippen LogP contribution in [0.2, 0.25) is 0 Å². The molecule has 3 N–H and O–H groups in total. The Balaban J connectivity index is 0.00000392. The Morgan fingerprint density at radius 3 is 2.64 bits per heavy atom. The van der Waals surface area contributed by atoms with Crippen molar-refractivity contribution in [2.75, 3.05) is 26.9 Å². The first-order chi connectivity index (χ1) is 13.1. The molecular formula is C19H29IN4O3S. The molecule has 0 unspecified atom stereocenters. The fourth-order valence-corrected chi connectivity index (χ4v) is 3.38. The van der Waals surface area contributed by atoms with Crippen LogP contribution < -0.4 is 20.1 Å². The van der Waals surface area contributed by atoms with Crippen LogP contribution in [0.5, 0.6) is 11.5 Å². The number of nitrogens with one attached hydrogen (secondary N) is 2. The highest BCUT2D eigenvalue weighted by Crippen LogP contribution is 2.28. The summed E-state index contributed by atoms with van der Waals surface area (Å²) in [5.41, 5.74) is 2.06. The predicted molar refractivity (Wildman–Crippen MR) is 124 cm³/mol. The van der Waals surface area contributed by atoms with Gasteiger partial charge in [0.15, 0.2) is 17.5 Å². The third-order valence-electron chi connectivity index (χ3n) is 3.76. The molecule has 0 aliphatic heterocycles. The van der Waals surface area contributed by atoms with Gasteiger partial charge in [0.05, 0.1) is 37.5 Å². The molecule has 0 amide bonds. The Hall–Kier alpha value is -1.59. The van der Waals surface area contributed by atoms with Gasteiger partial charge < -0.3 is 25.2 Å². The number of hydrogen-bond acceptors (Lipinski definition) is 6. The Bertz CT molecular complexity index is 768. The van der Waals surface area contributed by atoms with Crippen LogP contribution in [-0.4, -0.2) is 42.9 Å². The predicted octanol–water partition coefficient (Wildman–Crippen LogP) is 3.01. The molecule has 0 fully saturated rings. The van der Waals surface area contributed by atoms with Gasteiger partial charge in [-0.2, -0.15) is 0 Å². The molecule has 1 heterocycles. The van der Waals surface area contributed by atoms with Gasteiger partial charge in [-0.1, -0.05) is 6.07 Å². The number of aliphatic hydroxyl groups is 1. The second kappa shape index (κ2) is 12.8. The van der Waals surface area contributed by atoms with Crippen LogP contribution in [0, 0.1) is 13.8 Å². The quantitative estimate of drug-likeness (QED) is 0.268. The molecule has 0 bridgehead atoms. The van der Waals surface area contributed by atoms with Gasteiger partial charge in [-0.25, -0.2) is 9.98 Å². The maximum Gasteiger partial charge on any atom is 0.191 e. The van der Waals surface area contributed by atoms with Crippen molar-refractivity contribution >= 4 is 41.3 Å². The van der Waals surface area contributed by atoms with E-state index >= 15 is 0 Å². The molecule has 9 heteroatoms. The van der Waals surface area contributed by atoms with E-state index < -0.39 is 0 Å². The standard InChI is InChI=1S/C19H28N4O3S.HI/c1-5-20-19(22-12-18-13(2)23-14(3)27-18)21-11-15-6-7-16(26-9-8-24)17(10-15)25-4;/h6-7,10,24H,5,8-9,11-12H2,1-4H3,(H2,20,21,22);1H. The Kier molecular flexibility index (Phi) is 11.2. The Morgan fingerprint density at radius 2 is 2.04 bits per heavy atom. The van der Waals surface area contributed by atoms with Crippen molar-refractivity contribution in [2.24, 2.45) is 4.99 Å². The topological polar surface area (TPSA) is 88.0 Å². The number of thiazole rings is 1. The number of guanidine groups is 1. The second-order valence-corrected chi connectivity index (χ2v) is 7.14. The van der Waals surface area contributed by atoms with Gasteiger partial charge in [0.2, 0.25) is 0 Å². The van der Waals surface area contributed by atoms with Gasteiger partial charge in [0, 0.05) is 11.4 Å². The summed E-state index contributed by atoms with van der Waals surface area (Å²) in [6.07, 6.45) is 0. The van der Waals surface area contributed by atoms with Gasteiger partial charge in [0.25, 0.3) is 0 Å². The van der Waals surface area contributed by atoms with E-state index in [1.807, 2.05) is 39.0 Å². The molecule has 1 aromatic carbocycles. The van der Waals surface area contributed by atoms with Crippen LogP contribution in [0.25, 0.3) is 0 Å². The number of halogens is 1. The molecule has 28 heavy (non-hydrogen) atoms. The normalized spacial score (nSPS) is 11.0. The lowest BCUT2D eigenvalue weighted by atomic mass is 10.2. The summed E-state index contributed by atoms with van der Waals surface area (Å²) in [7, 11) is 1.60. The second-order valence-electron chi connectivity index (χ2n) is 5.85. The fourth-order valence-electron chi connectivity index (χ4n) is 2.50. The maximum absolute atomic E-state index is 8.89. The van der Waals surface area contributed by atoms with Crippen molar-refractivity contribution < 1.29 is 14.6 Å². The van der Waals surface area contributed by atoms with Crippen molar-refractivity contribution in [3.63, 3.8) is 0 Å². The van der Waals surface area contributed by atoms with Crippen LogP contribution in [0.15, 0.2) is 23.2 Å². The molecule has 0 saturated heterocycles. The molecule has 0 saturated carbocycles. The first kappa shape index (κ1) is 24.4. The summed E-state index contributed by atoms with van der Waals surface area (Å²) in [6.45, 7) is 8.26. The average molecular weight is 520 g/mol. The molecule has 7 nitrogen and oxygen atoms in total. The summed E-state index contributed by atoms with van der Waals surface area (Å²) in [6, 6.07) is 5.68. The Labute approximate surface area is 187 Å². The van der Waals surface area contributed by atoms with Crippen molar-refractivity contribution in [3.8, 4) is 11.5 Å². The fraction of sp³-hybridized carbons (Fsp3) is 0.474. The number of rotatable bonds is 9. The lowest BCUT2D eigenvalue weighted by Gasteiger charge is -2.12. The molecule has 156 valence electrons. The van der Waals surface area contributed by atoms with Crippen LogP contribution >= 0.6 is 35.3 Å². The molecule has 0 aliphatic rings. The minimum absolute atomic E-state index is 0. The molecule has 0 aliphatic carbocycles. The Morgan fingerprint density at radius 1 is 1.25 bits per heavy atom. The van der Waals surface area contributed by atoms with Crippen molar-refractivity contribution in [1.29, 1.82) is 0 Å². The number of ether oxygens (including phenoxy) is 2. The number of nitrogens with zero attached hydrogens (tertiary/aromatic N) is 2. The van der Waals surface area contributed by atoms with Crippen molar-refractivity contribution in [3.05, 3.63) is 39.3 Å². The van der Waals surface area contributed by atoms with Crippen LogP contribution in [0.1, 0.15) is 28.1 Å². The summed E-state index contributed by atoms with van der Waals surface area (Å²) in [4.78, 5) is 10.3. The zero-order valence-corrected chi connectivity index (χ0v) is 19.9. The summed E-state index contributed by atoms with van der Waals surface area (Å²) in [5.74, 6) is 1.99. The van der Waals surface area contributed by atoms with Crippen molar-refractivity contribution in [1.82, 2.24) is 15.6 Å². The largest absolute Gasteiger partial charge is 0.493 e. The van der Waals surface area contributed by atoms with Crippen LogP contribution in [-0.2, 0) is 13.1 Å². The highest BCUT2D eigenvalue weighted by Gasteiger charge is 2.08. The number of aryl methyl sites for hydroxylation is 2. The van der Waals surface area contributed by atoms with E-state index in [1.165, 1.54) is 4.88 Å². The van der Waals surface area contributed by atoms with Crippen LogP contribution in [0.3, 0.4) is 0 Å². The first-order valence-corrected chi connectivity index (χ1v) is 9.74. The summed E-state index contributed by atoms with van der Waals surface area (Å²) >= 11 is 1.70. The number of benzene rings is 1. The number of aliphatic hydroxyl groups excluding tert-OH is 1. The minimum atomic E-state index is -0.0360. The van der Waals surface area contributed by atoms with E-state index in [2.05, 4.69) is 20.6 Å². The smallest absolute Gasteiger partial charge is 0.191 e. The van der Waals surface area contributed by atoms with Crippen molar-refractivity contribution in [2.45, 2.75) is 33.9 Å². The SMILES string of the molecule is CCNC(=NCc1ccc(OCCO)c(OC)c1)NCc1sc(C)nc1C.I. The highest BCUT2D eigenvalue weighted by atomic mass is 127. The zero-order chi connectivity index (χ0) is 19.6. The maximum atomic E-state index is 8.89. The molecular weight excluding hydrogens is 491 g/mol. The average Bonchev–Trinajstić information content (AvgIpc) is 2.99. The molecule has 0 spiro atoms. The number of aromatic nitrogens is 1. The van der Waals surface area contributed by atoms with Gasteiger partial charge in [-0.05, 0) is 38.5 Å². The number of aliphatic imine (C=N–C) groups is 1. The van der Waals surface area contributed by atoms with E-state index in [0.29, 0.717) is 24.6 Å². The van der Waals surface area contributed by atoms with Gasteiger partial charge in [-0.15, -0.1) is 35.3 Å². The first-order valence-electron chi connectivity index (χ1n) is 8.93. The number of methoxy groups -OCH3 is 1. The zero-order valence-electron chi connectivity index (χ0n) is 16.7. The van der Waals surface area contributed by atoms with Gasteiger partial charge in [-0.3, -0.25) is 0 Å². The highest BCUT2D eigenvalue weighted by molar-refractivity contribution is 14.0. The van der Waals surface area contributed by atoms with E-state index in [9.17, 15) is 0 Å². The lowest BCUT2D eigenvalue weighted by molar-refractivity contribution is 0.196.